The number of nitrogens with zero attached hydrogens (tertiary/aromatic N) is 1. The molecule has 0 aromatic heterocycles. The molecule has 0 N–H and O–H groups in total. The molecule has 0 unspecified atom stereocenters. The van der Waals surface area contributed by atoms with Crippen LogP contribution in [0.5, 0.6) is 0 Å². The molecular formula is C8H11NO3. The Morgan fingerprint density at radius 2 is 2.50 bits per heavy atom. The molecule has 0 bridgehead atoms. The Bertz CT molecular complexity index is 224. The van der Waals surface area contributed by atoms with Crippen LogP contribution in [0.1, 0.15) is 6.92 Å². The summed E-state index contributed by atoms with van der Waals surface area (Å²) < 4.78 is 4.61. The Hall–Kier alpha value is -1.32. The summed E-state index contributed by atoms with van der Waals surface area (Å²) in [6.07, 6.45) is 0.960. The molecule has 4 heteroatoms. The van der Waals surface area contributed by atoms with Crippen LogP contribution < -0.4 is 0 Å². The summed E-state index contributed by atoms with van der Waals surface area (Å²) in [6.45, 7) is 5.83. The van der Waals surface area contributed by atoms with Gasteiger partial charge < -0.3 is 4.74 Å². The molecule has 0 saturated carbocycles. The number of carbonyl (C=O) groups is 2. The average molecular weight is 169 g/mol. The normalized spacial score (nSPS) is 18.8. The number of imide groups is 1. The second-order valence-electron chi connectivity index (χ2n) is 2.63. The Labute approximate surface area is 70.8 Å². The van der Waals surface area contributed by atoms with E-state index in [0.717, 1.165) is 4.90 Å². The van der Waals surface area contributed by atoms with E-state index in [2.05, 4.69) is 11.3 Å². The highest BCUT2D eigenvalue weighted by Crippen LogP contribution is 2.09. The van der Waals surface area contributed by atoms with Gasteiger partial charge in [0.25, 0.3) is 0 Å². The maximum atomic E-state index is 11.3. The second-order valence-corrected chi connectivity index (χ2v) is 2.63. The predicted molar refractivity (Wildman–Crippen MR) is 42.4 cm³/mol. The lowest BCUT2D eigenvalue weighted by Gasteiger charge is -2.12. The molecule has 1 rings (SSSR count). The van der Waals surface area contributed by atoms with Crippen LogP contribution in [0.4, 0.5) is 4.79 Å². The molecular weight excluding hydrogens is 158 g/mol. The zero-order valence-corrected chi connectivity index (χ0v) is 6.95. The molecule has 1 atom stereocenters. The molecule has 1 heterocycles. The smallest absolute Gasteiger partial charge is 0.416 e. The summed E-state index contributed by atoms with van der Waals surface area (Å²) in [7, 11) is 0. The third kappa shape index (κ3) is 1.47. The summed E-state index contributed by atoms with van der Waals surface area (Å²) in [6, 6.07) is 0. The van der Waals surface area contributed by atoms with Crippen molar-refractivity contribution in [1.82, 2.24) is 4.90 Å². The van der Waals surface area contributed by atoms with Gasteiger partial charge in [-0.15, -0.1) is 6.58 Å². The Morgan fingerprint density at radius 3 is 2.92 bits per heavy atom. The van der Waals surface area contributed by atoms with E-state index in [1.807, 2.05) is 0 Å². The van der Waals surface area contributed by atoms with Crippen molar-refractivity contribution in [2.45, 2.75) is 6.92 Å². The van der Waals surface area contributed by atoms with E-state index in [-0.39, 0.29) is 11.8 Å². The minimum absolute atomic E-state index is 0.243. The van der Waals surface area contributed by atoms with E-state index in [9.17, 15) is 9.59 Å². The van der Waals surface area contributed by atoms with Crippen molar-refractivity contribution in [3.63, 3.8) is 0 Å². The van der Waals surface area contributed by atoms with E-state index >= 15 is 0 Å². The fourth-order valence-electron chi connectivity index (χ4n) is 0.940. The molecule has 1 saturated heterocycles. The van der Waals surface area contributed by atoms with Crippen LogP contribution in [0.2, 0.25) is 0 Å². The SMILES string of the molecule is C=C[C@@H](C)C(=O)N1CCOC1=O. The van der Waals surface area contributed by atoms with Crippen LogP contribution >= 0.6 is 0 Å². The molecule has 1 aliphatic heterocycles. The maximum absolute atomic E-state index is 11.3. The zero-order chi connectivity index (χ0) is 9.14. The first kappa shape index (κ1) is 8.77. The fraction of sp³-hybridized carbons (Fsp3) is 0.500. The number of hydrogen-bond donors (Lipinski definition) is 0. The minimum atomic E-state index is -0.547. The molecule has 4 nitrogen and oxygen atoms in total. The van der Waals surface area contributed by atoms with Crippen molar-refractivity contribution in [2.24, 2.45) is 5.92 Å². The lowest BCUT2D eigenvalue weighted by atomic mass is 10.1. The van der Waals surface area contributed by atoms with Crippen LogP contribution in [0.25, 0.3) is 0 Å². The monoisotopic (exact) mass is 169 g/mol. The number of hydrogen-bond acceptors (Lipinski definition) is 3. The van der Waals surface area contributed by atoms with Gasteiger partial charge in [-0.25, -0.2) is 9.69 Å². The van der Waals surface area contributed by atoms with Gasteiger partial charge in [-0.05, 0) is 0 Å². The third-order valence-corrected chi connectivity index (χ3v) is 1.77. The van der Waals surface area contributed by atoms with Crippen molar-refractivity contribution in [1.29, 1.82) is 0 Å². The van der Waals surface area contributed by atoms with E-state index in [1.54, 1.807) is 6.92 Å². The van der Waals surface area contributed by atoms with E-state index in [4.69, 9.17) is 0 Å². The van der Waals surface area contributed by atoms with Crippen molar-refractivity contribution in [2.75, 3.05) is 13.2 Å². The number of amides is 2. The Morgan fingerprint density at radius 1 is 1.83 bits per heavy atom. The first-order valence-electron chi connectivity index (χ1n) is 3.77. The Balaban J connectivity index is 2.63. The third-order valence-electron chi connectivity index (χ3n) is 1.77. The molecule has 2 amide bonds. The molecule has 1 fully saturated rings. The van der Waals surface area contributed by atoms with E-state index in [1.165, 1.54) is 6.08 Å². The number of rotatable bonds is 2. The van der Waals surface area contributed by atoms with Crippen molar-refractivity contribution >= 4 is 12.0 Å². The zero-order valence-electron chi connectivity index (χ0n) is 6.95. The van der Waals surface area contributed by atoms with Crippen molar-refractivity contribution in [3.05, 3.63) is 12.7 Å². The molecule has 0 aromatic rings. The highest BCUT2D eigenvalue weighted by atomic mass is 16.6. The average Bonchev–Trinajstić information content (AvgIpc) is 2.48. The van der Waals surface area contributed by atoms with Gasteiger partial charge in [-0.1, -0.05) is 13.0 Å². The number of ether oxygens (including phenoxy) is 1. The van der Waals surface area contributed by atoms with E-state index in [0.29, 0.717) is 13.2 Å². The molecule has 0 aromatic carbocycles. The number of carbonyl (C=O) groups excluding carboxylic acids is 2. The predicted octanol–water partition coefficient (Wildman–Crippen LogP) is 0.787. The van der Waals surface area contributed by atoms with Crippen LogP contribution in [-0.4, -0.2) is 30.1 Å². The topological polar surface area (TPSA) is 46.6 Å². The van der Waals surface area contributed by atoms with Gasteiger partial charge in [0.1, 0.15) is 6.61 Å². The van der Waals surface area contributed by atoms with Gasteiger partial charge in [0.05, 0.1) is 12.5 Å². The molecule has 0 aliphatic carbocycles. The molecule has 12 heavy (non-hydrogen) atoms. The van der Waals surface area contributed by atoms with Crippen molar-refractivity contribution in [3.8, 4) is 0 Å². The summed E-state index contributed by atoms with van der Waals surface area (Å²) >= 11 is 0. The largest absolute Gasteiger partial charge is 0.447 e. The summed E-state index contributed by atoms with van der Waals surface area (Å²) in [5.74, 6) is -0.567. The highest BCUT2D eigenvalue weighted by molar-refractivity contribution is 5.94. The number of cyclic esters (lactones) is 1. The van der Waals surface area contributed by atoms with Gasteiger partial charge in [-0.2, -0.15) is 0 Å². The quantitative estimate of drug-likeness (QED) is 0.574. The Kier molecular flexibility index (Phi) is 2.47. The second kappa shape index (κ2) is 3.38. The molecule has 66 valence electrons. The van der Waals surface area contributed by atoms with E-state index < -0.39 is 6.09 Å². The van der Waals surface area contributed by atoms with Crippen LogP contribution in [0.15, 0.2) is 12.7 Å². The summed E-state index contributed by atoms with van der Waals surface area (Å²) in [5, 5.41) is 0. The minimum Gasteiger partial charge on any atom is -0.447 e. The van der Waals surface area contributed by atoms with Gasteiger partial charge in [0, 0.05) is 0 Å². The lowest BCUT2D eigenvalue weighted by Crippen LogP contribution is -2.35. The first-order valence-corrected chi connectivity index (χ1v) is 3.77. The summed E-state index contributed by atoms with van der Waals surface area (Å²) in [4.78, 5) is 23.3. The highest BCUT2D eigenvalue weighted by Gasteiger charge is 2.30. The maximum Gasteiger partial charge on any atom is 0.416 e. The van der Waals surface area contributed by atoms with Crippen LogP contribution in [-0.2, 0) is 9.53 Å². The van der Waals surface area contributed by atoms with Gasteiger partial charge >= 0.3 is 6.09 Å². The van der Waals surface area contributed by atoms with Crippen molar-refractivity contribution < 1.29 is 14.3 Å². The summed E-state index contributed by atoms with van der Waals surface area (Å²) in [5.41, 5.74) is 0. The molecule has 0 radical (unpaired) electrons. The van der Waals surface area contributed by atoms with Crippen LogP contribution in [0.3, 0.4) is 0 Å². The lowest BCUT2D eigenvalue weighted by molar-refractivity contribution is -0.129. The fourth-order valence-corrected chi connectivity index (χ4v) is 0.940. The van der Waals surface area contributed by atoms with Crippen LogP contribution in [0, 0.1) is 5.92 Å². The van der Waals surface area contributed by atoms with Gasteiger partial charge in [0.15, 0.2) is 0 Å². The van der Waals surface area contributed by atoms with Gasteiger partial charge in [0.2, 0.25) is 5.91 Å². The standard InChI is InChI=1S/C8H11NO3/c1-3-6(2)7(10)9-4-5-12-8(9)11/h3,6H,1,4-5H2,2H3/t6-/m1/s1. The first-order chi connectivity index (χ1) is 5.66. The molecule has 1 aliphatic rings. The molecule has 0 spiro atoms. The van der Waals surface area contributed by atoms with Gasteiger partial charge in [-0.3, -0.25) is 4.79 Å².